The standard InChI is InChI=1S/C20H18BrNO4/c1-3-26-20(24)19-17(12-23)16-9-6-14(21)10-18(16)22(19)11-13-4-7-15(25-2)8-5-13/h4-10,12H,3,11H2,1-2H3. The molecule has 3 aromatic rings. The number of fused-ring (bicyclic) bond motifs is 1. The maximum absolute atomic E-state index is 12.6. The van der Waals surface area contributed by atoms with Gasteiger partial charge >= 0.3 is 5.97 Å². The van der Waals surface area contributed by atoms with Crippen molar-refractivity contribution in [2.45, 2.75) is 13.5 Å². The number of carbonyl (C=O) groups is 2. The third-order valence-electron chi connectivity index (χ3n) is 4.15. The monoisotopic (exact) mass is 415 g/mol. The molecule has 0 amide bonds. The van der Waals surface area contributed by atoms with Gasteiger partial charge < -0.3 is 14.0 Å². The summed E-state index contributed by atoms with van der Waals surface area (Å²) in [6.45, 7) is 2.41. The van der Waals surface area contributed by atoms with Crippen LogP contribution in [0.15, 0.2) is 46.9 Å². The zero-order valence-electron chi connectivity index (χ0n) is 14.5. The first-order valence-electron chi connectivity index (χ1n) is 8.16. The molecular weight excluding hydrogens is 398 g/mol. The van der Waals surface area contributed by atoms with Gasteiger partial charge in [-0.1, -0.05) is 34.1 Å². The molecule has 0 saturated heterocycles. The van der Waals surface area contributed by atoms with Crippen LogP contribution in [0.1, 0.15) is 33.3 Å². The van der Waals surface area contributed by atoms with E-state index >= 15 is 0 Å². The fourth-order valence-electron chi connectivity index (χ4n) is 2.97. The van der Waals surface area contributed by atoms with Crippen molar-refractivity contribution in [3.8, 4) is 5.75 Å². The van der Waals surface area contributed by atoms with Crippen molar-refractivity contribution >= 4 is 39.1 Å². The topological polar surface area (TPSA) is 57.5 Å². The molecule has 26 heavy (non-hydrogen) atoms. The summed E-state index contributed by atoms with van der Waals surface area (Å²) in [5.74, 6) is 0.253. The Morgan fingerprint density at radius 3 is 2.54 bits per heavy atom. The van der Waals surface area contributed by atoms with E-state index in [4.69, 9.17) is 9.47 Å². The number of halogens is 1. The van der Waals surface area contributed by atoms with Gasteiger partial charge in [0.05, 0.1) is 24.8 Å². The van der Waals surface area contributed by atoms with Crippen LogP contribution in [0.25, 0.3) is 10.9 Å². The van der Waals surface area contributed by atoms with Crippen LogP contribution in [0.2, 0.25) is 0 Å². The third-order valence-corrected chi connectivity index (χ3v) is 4.65. The Morgan fingerprint density at radius 1 is 1.19 bits per heavy atom. The molecular formula is C20H18BrNO4. The third kappa shape index (κ3) is 3.37. The first-order valence-corrected chi connectivity index (χ1v) is 8.95. The molecule has 0 spiro atoms. The first kappa shape index (κ1) is 18.2. The van der Waals surface area contributed by atoms with Crippen LogP contribution in [0, 0.1) is 0 Å². The minimum absolute atomic E-state index is 0.241. The summed E-state index contributed by atoms with van der Waals surface area (Å²) >= 11 is 3.46. The first-order chi connectivity index (χ1) is 12.6. The van der Waals surface area contributed by atoms with Crippen LogP contribution in [-0.4, -0.2) is 30.5 Å². The van der Waals surface area contributed by atoms with Gasteiger partial charge in [0.2, 0.25) is 0 Å². The zero-order valence-corrected chi connectivity index (χ0v) is 16.1. The number of benzene rings is 2. The normalized spacial score (nSPS) is 10.7. The van der Waals surface area contributed by atoms with Gasteiger partial charge in [-0.15, -0.1) is 0 Å². The average Bonchev–Trinajstić information content (AvgIpc) is 2.95. The Bertz CT molecular complexity index is 960. The maximum Gasteiger partial charge on any atom is 0.355 e. The van der Waals surface area contributed by atoms with Crippen LogP contribution in [0.3, 0.4) is 0 Å². The van der Waals surface area contributed by atoms with Crippen LogP contribution in [0.4, 0.5) is 0 Å². The molecule has 2 aromatic carbocycles. The van der Waals surface area contributed by atoms with Gasteiger partial charge in [-0.25, -0.2) is 4.79 Å². The number of ether oxygens (including phenoxy) is 2. The highest BCUT2D eigenvalue weighted by Crippen LogP contribution is 2.29. The SMILES string of the molecule is CCOC(=O)c1c(C=O)c2ccc(Br)cc2n1Cc1ccc(OC)cc1. The molecule has 1 aromatic heterocycles. The Kier molecular flexibility index (Phi) is 5.42. The summed E-state index contributed by atoms with van der Waals surface area (Å²) < 4.78 is 13.1. The van der Waals surface area contributed by atoms with E-state index in [0.29, 0.717) is 18.4 Å². The molecule has 0 saturated carbocycles. The molecule has 0 aliphatic heterocycles. The number of esters is 1. The molecule has 0 aliphatic rings. The maximum atomic E-state index is 12.6. The number of aldehydes is 1. The number of rotatable bonds is 6. The van der Waals surface area contributed by atoms with E-state index in [9.17, 15) is 9.59 Å². The summed E-state index contributed by atoms with van der Waals surface area (Å²) in [7, 11) is 1.61. The lowest BCUT2D eigenvalue weighted by Gasteiger charge is -2.11. The molecule has 3 rings (SSSR count). The predicted molar refractivity (Wildman–Crippen MR) is 103 cm³/mol. The van der Waals surface area contributed by atoms with Gasteiger partial charge in [0.15, 0.2) is 6.29 Å². The van der Waals surface area contributed by atoms with E-state index in [0.717, 1.165) is 26.7 Å². The van der Waals surface area contributed by atoms with Crippen LogP contribution in [-0.2, 0) is 11.3 Å². The predicted octanol–water partition coefficient (Wildman–Crippen LogP) is 4.45. The lowest BCUT2D eigenvalue weighted by Crippen LogP contribution is -2.14. The van der Waals surface area contributed by atoms with Crippen LogP contribution >= 0.6 is 15.9 Å². The van der Waals surface area contributed by atoms with Crippen LogP contribution < -0.4 is 4.74 Å². The van der Waals surface area contributed by atoms with Crippen molar-refractivity contribution in [2.75, 3.05) is 13.7 Å². The molecule has 0 bridgehead atoms. The summed E-state index contributed by atoms with van der Waals surface area (Å²) in [5.41, 5.74) is 2.39. The summed E-state index contributed by atoms with van der Waals surface area (Å²) in [5, 5.41) is 0.722. The van der Waals surface area contributed by atoms with Gasteiger partial charge in [-0.3, -0.25) is 4.79 Å². The summed E-state index contributed by atoms with van der Waals surface area (Å²) in [6.07, 6.45) is 0.715. The van der Waals surface area contributed by atoms with Crippen molar-refractivity contribution in [3.05, 3.63) is 63.8 Å². The second kappa shape index (κ2) is 7.74. The van der Waals surface area contributed by atoms with Gasteiger partial charge in [0.1, 0.15) is 11.4 Å². The van der Waals surface area contributed by atoms with E-state index in [-0.39, 0.29) is 12.3 Å². The number of hydrogen-bond acceptors (Lipinski definition) is 4. The second-order valence-corrected chi connectivity index (χ2v) is 6.61. The number of nitrogens with zero attached hydrogens (tertiary/aromatic N) is 1. The number of aromatic nitrogens is 1. The van der Waals surface area contributed by atoms with Crippen molar-refractivity contribution in [2.24, 2.45) is 0 Å². The second-order valence-electron chi connectivity index (χ2n) is 5.70. The highest BCUT2D eigenvalue weighted by Gasteiger charge is 2.24. The fraction of sp³-hybridized carbons (Fsp3) is 0.200. The highest BCUT2D eigenvalue weighted by atomic mass is 79.9. The molecule has 0 atom stereocenters. The lowest BCUT2D eigenvalue weighted by atomic mass is 10.1. The van der Waals surface area contributed by atoms with Crippen molar-refractivity contribution < 1.29 is 19.1 Å². The Hall–Kier alpha value is -2.60. The van der Waals surface area contributed by atoms with Gasteiger partial charge in [-0.2, -0.15) is 0 Å². The Balaban J connectivity index is 2.19. The number of hydrogen-bond donors (Lipinski definition) is 0. The molecule has 5 nitrogen and oxygen atoms in total. The summed E-state index contributed by atoms with van der Waals surface area (Å²) in [4.78, 5) is 24.3. The van der Waals surface area contributed by atoms with E-state index in [1.54, 1.807) is 14.0 Å². The van der Waals surface area contributed by atoms with Crippen LogP contribution in [0.5, 0.6) is 5.75 Å². The van der Waals surface area contributed by atoms with Gasteiger partial charge in [0, 0.05) is 16.4 Å². The van der Waals surface area contributed by atoms with Gasteiger partial charge in [-0.05, 0) is 36.8 Å². The Labute approximate surface area is 159 Å². The quantitative estimate of drug-likeness (QED) is 0.440. The zero-order chi connectivity index (χ0) is 18.7. The van der Waals surface area contributed by atoms with E-state index in [1.807, 2.05) is 47.0 Å². The van der Waals surface area contributed by atoms with E-state index in [1.165, 1.54) is 0 Å². The van der Waals surface area contributed by atoms with Crippen molar-refractivity contribution in [1.82, 2.24) is 4.57 Å². The molecule has 1 heterocycles. The minimum atomic E-state index is -0.504. The Morgan fingerprint density at radius 2 is 1.92 bits per heavy atom. The van der Waals surface area contributed by atoms with Crippen molar-refractivity contribution in [3.63, 3.8) is 0 Å². The smallest absolute Gasteiger partial charge is 0.355 e. The molecule has 0 radical (unpaired) electrons. The number of methoxy groups -OCH3 is 1. The fourth-order valence-corrected chi connectivity index (χ4v) is 3.31. The molecule has 0 aliphatic carbocycles. The number of carbonyl (C=O) groups excluding carboxylic acids is 2. The molecule has 6 heteroatoms. The van der Waals surface area contributed by atoms with Gasteiger partial charge in [0.25, 0.3) is 0 Å². The summed E-state index contributed by atoms with van der Waals surface area (Å²) in [6, 6.07) is 13.2. The average molecular weight is 416 g/mol. The van der Waals surface area contributed by atoms with E-state index < -0.39 is 5.97 Å². The largest absolute Gasteiger partial charge is 0.497 e. The van der Waals surface area contributed by atoms with E-state index in [2.05, 4.69) is 15.9 Å². The van der Waals surface area contributed by atoms with Crippen molar-refractivity contribution in [1.29, 1.82) is 0 Å². The minimum Gasteiger partial charge on any atom is -0.497 e. The molecule has 0 fully saturated rings. The molecule has 0 N–H and O–H groups in total. The molecule has 0 unspecified atom stereocenters. The lowest BCUT2D eigenvalue weighted by molar-refractivity contribution is 0.0512. The molecule has 134 valence electrons. The highest BCUT2D eigenvalue weighted by molar-refractivity contribution is 9.10.